The van der Waals surface area contributed by atoms with E-state index >= 15 is 0 Å². The highest BCUT2D eigenvalue weighted by atomic mass is 19.1. The number of halogens is 1. The summed E-state index contributed by atoms with van der Waals surface area (Å²) >= 11 is 0. The van der Waals surface area contributed by atoms with Gasteiger partial charge in [-0.1, -0.05) is 30.3 Å². The number of para-hydroxylation sites is 2. The molecule has 132 valence electrons. The summed E-state index contributed by atoms with van der Waals surface area (Å²) in [6.45, 7) is 6.79. The highest BCUT2D eigenvalue weighted by Crippen LogP contribution is 2.21. The average molecular weight is 341 g/mol. The number of amides is 1. The molecule has 1 fully saturated rings. The van der Waals surface area contributed by atoms with Crippen molar-refractivity contribution in [1.29, 1.82) is 0 Å². The van der Waals surface area contributed by atoms with E-state index in [0.717, 1.165) is 24.3 Å². The van der Waals surface area contributed by atoms with Crippen molar-refractivity contribution in [2.24, 2.45) is 0 Å². The van der Waals surface area contributed by atoms with Crippen LogP contribution in [-0.4, -0.2) is 43.0 Å². The van der Waals surface area contributed by atoms with Gasteiger partial charge in [-0.15, -0.1) is 0 Å². The molecule has 4 nitrogen and oxygen atoms in total. The van der Waals surface area contributed by atoms with Crippen LogP contribution in [0.1, 0.15) is 12.5 Å². The van der Waals surface area contributed by atoms with Gasteiger partial charge in [-0.05, 0) is 37.6 Å². The molecule has 2 aromatic carbocycles. The predicted molar refractivity (Wildman–Crippen MR) is 99.5 cm³/mol. The minimum absolute atomic E-state index is 0.00589. The zero-order valence-corrected chi connectivity index (χ0v) is 14.7. The first kappa shape index (κ1) is 17.4. The first-order valence-electron chi connectivity index (χ1n) is 8.66. The summed E-state index contributed by atoms with van der Waals surface area (Å²) in [5.74, 6) is -0.199. The van der Waals surface area contributed by atoms with Crippen LogP contribution in [0.4, 0.5) is 15.8 Å². The molecule has 1 aliphatic rings. The summed E-state index contributed by atoms with van der Waals surface area (Å²) in [4.78, 5) is 16.7. The van der Waals surface area contributed by atoms with Crippen molar-refractivity contribution in [1.82, 2.24) is 4.90 Å². The number of hydrogen-bond acceptors (Lipinski definition) is 3. The number of nitrogens with one attached hydrogen (secondary N) is 1. The predicted octanol–water partition coefficient (Wildman–Crippen LogP) is 3.28. The molecule has 2 aromatic rings. The summed E-state index contributed by atoms with van der Waals surface area (Å²) in [6.07, 6.45) is 0. The zero-order valence-electron chi connectivity index (χ0n) is 14.7. The summed E-state index contributed by atoms with van der Waals surface area (Å²) in [7, 11) is 0. The molecule has 0 saturated carbocycles. The largest absolute Gasteiger partial charge is 0.367 e. The standard InChI is InChI=1S/C20H24FN3O/c1-15-7-3-5-9-18(15)22-20(25)16(2)23-11-13-24(14-12-23)19-10-6-4-8-17(19)21/h3-10,16H,11-14H2,1-2H3,(H,22,25). The molecule has 1 heterocycles. The van der Waals surface area contributed by atoms with Crippen LogP contribution in [0, 0.1) is 12.7 Å². The third kappa shape index (κ3) is 3.99. The molecule has 1 amide bonds. The van der Waals surface area contributed by atoms with E-state index in [4.69, 9.17) is 0 Å². The van der Waals surface area contributed by atoms with E-state index in [9.17, 15) is 9.18 Å². The molecule has 5 heteroatoms. The van der Waals surface area contributed by atoms with Crippen molar-refractivity contribution < 1.29 is 9.18 Å². The van der Waals surface area contributed by atoms with Crippen molar-refractivity contribution in [2.45, 2.75) is 19.9 Å². The van der Waals surface area contributed by atoms with Crippen molar-refractivity contribution in [2.75, 3.05) is 36.4 Å². The van der Waals surface area contributed by atoms with Crippen LogP contribution in [-0.2, 0) is 4.79 Å². The number of nitrogens with zero attached hydrogens (tertiary/aromatic N) is 2. The molecular weight excluding hydrogens is 317 g/mol. The fourth-order valence-electron chi connectivity index (χ4n) is 3.17. The second-order valence-electron chi connectivity index (χ2n) is 6.45. The average Bonchev–Trinajstić information content (AvgIpc) is 2.63. The Hall–Kier alpha value is -2.40. The fraction of sp³-hybridized carbons (Fsp3) is 0.350. The molecular formula is C20H24FN3O. The summed E-state index contributed by atoms with van der Waals surface area (Å²) in [5.41, 5.74) is 2.54. The van der Waals surface area contributed by atoms with Gasteiger partial charge in [-0.25, -0.2) is 4.39 Å². The topological polar surface area (TPSA) is 35.6 Å². The quantitative estimate of drug-likeness (QED) is 0.927. The van der Waals surface area contributed by atoms with E-state index in [1.165, 1.54) is 6.07 Å². The van der Waals surface area contributed by atoms with Crippen molar-refractivity contribution in [3.05, 3.63) is 59.9 Å². The number of carbonyl (C=O) groups excluding carboxylic acids is 1. The van der Waals surface area contributed by atoms with Gasteiger partial charge in [0.1, 0.15) is 5.82 Å². The van der Waals surface area contributed by atoms with Gasteiger partial charge in [0, 0.05) is 31.9 Å². The highest BCUT2D eigenvalue weighted by molar-refractivity contribution is 5.95. The Morgan fingerprint density at radius 3 is 2.36 bits per heavy atom. The first-order chi connectivity index (χ1) is 12.1. The van der Waals surface area contributed by atoms with Gasteiger partial charge in [0.25, 0.3) is 0 Å². The van der Waals surface area contributed by atoms with Gasteiger partial charge >= 0.3 is 0 Å². The van der Waals surface area contributed by atoms with Gasteiger partial charge in [0.05, 0.1) is 11.7 Å². The zero-order chi connectivity index (χ0) is 17.8. The lowest BCUT2D eigenvalue weighted by atomic mass is 10.1. The molecule has 0 radical (unpaired) electrons. The number of anilines is 2. The van der Waals surface area contributed by atoms with E-state index < -0.39 is 0 Å². The monoisotopic (exact) mass is 341 g/mol. The van der Waals surface area contributed by atoms with Crippen molar-refractivity contribution in [3.8, 4) is 0 Å². The number of piperazine rings is 1. The fourth-order valence-corrected chi connectivity index (χ4v) is 3.17. The van der Waals surface area contributed by atoms with Gasteiger partial charge in [0.15, 0.2) is 0 Å². The molecule has 0 aliphatic carbocycles. The number of rotatable bonds is 4. The number of carbonyl (C=O) groups is 1. The Morgan fingerprint density at radius 1 is 1.04 bits per heavy atom. The number of hydrogen-bond donors (Lipinski definition) is 1. The van der Waals surface area contributed by atoms with E-state index in [2.05, 4.69) is 10.2 Å². The maximum atomic E-state index is 13.9. The third-order valence-electron chi connectivity index (χ3n) is 4.84. The third-order valence-corrected chi connectivity index (χ3v) is 4.84. The van der Waals surface area contributed by atoms with E-state index in [1.807, 2.05) is 49.1 Å². The molecule has 0 bridgehead atoms. The van der Waals surface area contributed by atoms with Crippen molar-refractivity contribution in [3.63, 3.8) is 0 Å². The van der Waals surface area contributed by atoms with Crippen LogP contribution in [0.15, 0.2) is 48.5 Å². The molecule has 1 atom stereocenters. The normalized spacial score (nSPS) is 16.5. The summed E-state index contributed by atoms with van der Waals surface area (Å²) < 4.78 is 13.9. The molecule has 1 aliphatic heterocycles. The molecule has 0 spiro atoms. The Kier molecular flexibility index (Phi) is 5.34. The van der Waals surface area contributed by atoms with Crippen LogP contribution in [0.5, 0.6) is 0 Å². The summed E-state index contributed by atoms with van der Waals surface area (Å²) in [5, 5.41) is 3.01. The minimum atomic E-state index is -0.220. The van der Waals surface area contributed by atoms with Crippen LogP contribution in [0.25, 0.3) is 0 Å². The van der Waals surface area contributed by atoms with Gasteiger partial charge < -0.3 is 10.2 Å². The molecule has 25 heavy (non-hydrogen) atoms. The van der Waals surface area contributed by atoms with Crippen LogP contribution >= 0.6 is 0 Å². The lowest BCUT2D eigenvalue weighted by Gasteiger charge is -2.38. The molecule has 3 rings (SSSR count). The second-order valence-corrected chi connectivity index (χ2v) is 6.45. The maximum Gasteiger partial charge on any atom is 0.241 e. The van der Waals surface area contributed by atoms with Crippen molar-refractivity contribution >= 4 is 17.3 Å². The van der Waals surface area contributed by atoms with Crippen LogP contribution < -0.4 is 10.2 Å². The maximum absolute atomic E-state index is 13.9. The first-order valence-corrected chi connectivity index (χ1v) is 8.66. The van der Waals surface area contributed by atoms with Crippen LogP contribution in [0.3, 0.4) is 0 Å². The molecule has 1 unspecified atom stereocenters. The Bertz CT molecular complexity index is 741. The number of aryl methyl sites for hydroxylation is 1. The lowest BCUT2D eigenvalue weighted by Crippen LogP contribution is -2.53. The van der Waals surface area contributed by atoms with Crippen LogP contribution in [0.2, 0.25) is 0 Å². The second kappa shape index (κ2) is 7.66. The molecule has 1 saturated heterocycles. The highest BCUT2D eigenvalue weighted by Gasteiger charge is 2.26. The Balaban J connectivity index is 1.58. The van der Waals surface area contributed by atoms with Gasteiger partial charge in [-0.2, -0.15) is 0 Å². The Labute approximate surface area is 148 Å². The smallest absolute Gasteiger partial charge is 0.241 e. The lowest BCUT2D eigenvalue weighted by molar-refractivity contribution is -0.120. The Morgan fingerprint density at radius 2 is 1.68 bits per heavy atom. The van der Waals surface area contributed by atoms with Gasteiger partial charge in [0.2, 0.25) is 5.91 Å². The molecule has 0 aromatic heterocycles. The molecule has 1 N–H and O–H groups in total. The van der Waals surface area contributed by atoms with E-state index in [-0.39, 0.29) is 17.8 Å². The van der Waals surface area contributed by atoms with E-state index in [1.54, 1.807) is 12.1 Å². The minimum Gasteiger partial charge on any atom is -0.367 e. The summed E-state index contributed by atoms with van der Waals surface area (Å²) in [6, 6.07) is 14.4. The SMILES string of the molecule is Cc1ccccc1NC(=O)C(C)N1CCN(c2ccccc2F)CC1. The van der Waals surface area contributed by atoms with Gasteiger partial charge in [-0.3, -0.25) is 9.69 Å². The number of benzene rings is 2. The van der Waals surface area contributed by atoms with E-state index in [0.29, 0.717) is 18.8 Å².